The third-order valence-electron chi connectivity index (χ3n) is 5.19. The zero-order valence-electron chi connectivity index (χ0n) is 16.5. The molecule has 0 saturated heterocycles. The molecule has 0 bridgehead atoms. The molecule has 6 nitrogen and oxygen atoms in total. The van der Waals surface area contributed by atoms with Crippen molar-refractivity contribution < 1.29 is 18.0 Å². The van der Waals surface area contributed by atoms with Crippen LogP contribution in [0.5, 0.6) is 0 Å². The lowest BCUT2D eigenvalue weighted by Gasteiger charge is -2.33. The van der Waals surface area contributed by atoms with Gasteiger partial charge in [-0.1, -0.05) is 42.6 Å². The van der Waals surface area contributed by atoms with Crippen LogP contribution in [-0.4, -0.2) is 36.8 Å². The number of amides is 1. The van der Waals surface area contributed by atoms with Crippen molar-refractivity contribution in [2.75, 3.05) is 4.90 Å². The Morgan fingerprint density at radius 3 is 2.71 bits per heavy atom. The summed E-state index contributed by atoms with van der Waals surface area (Å²) in [4.78, 5) is 19.5. The van der Waals surface area contributed by atoms with Crippen molar-refractivity contribution in [1.29, 1.82) is 0 Å². The Bertz CT molecular complexity index is 1070. The lowest BCUT2D eigenvalue weighted by atomic mass is 9.94. The zero-order chi connectivity index (χ0) is 22.2. The van der Waals surface area contributed by atoms with Crippen molar-refractivity contribution in [2.24, 2.45) is 0 Å². The molecule has 0 spiro atoms. The number of hydrogen-bond acceptors (Lipinski definition) is 6. The maximum atomic E-state index is 13.4. The topological polar surface area (TPSA) is 63.4 Å². The average molecular weight is 490 g/mol. The molecule has 31 heavy (non-hydrogen) atoms. The number of aromatic nitrogens is 4. The second kappa shape index (κ2) is 8.95. The van der Waals surface area contributed by atoms with Crippen LogP contribution < -0.4 is 4.90 Å². The van der Waals surface area contributed by atoms with Gasteiger partial charge in [-0.05, 0) is 25.8 Å². The van der Waals surface area contributed by atoms with Gasteiger partial charge in [-0.15, -0.1) is 21.5 Å². The van der Waals surface area contributed by atoms with E-state index in [1.165, 1.54) is 15.7 Å². The van der Waals surface area contributed by atoms with Crippen LogP contribution in [0.2, 0.25) is 5.02 Å². The Balaban J connectivity index is 1.62. The molecule has 4 rings (SSSR count). The quantitative estimate of drug-likeness (QED) is 0.430. The number of thiazole rings is 1. The molecule has 3 aromatic heterocycles. The molecule has 3 aromatic rings. The van der Waals surface area contributed by atoms with Crippen molar-refractivity contribution in [3.05, 3.63) is 34.4 Å². The standard InChI is InChI=1S/C19H19ClF3N5OS2/c1-11(16(29)28(17-24-7-8-30-17)13-5-3-2-4-6-13)31-18-26-25-15-14(20)9-12(10-27(15)18)19(21,22)23/h7-11,13H,2-6H2,1H3. The number of halogens is 4. The molecule has 1 saturated carbocycles. The van der Waals surface area contributed by atoms with E-state index in [1.54, 1.807) is 18.0 Å². The van der Waals surface area contributed by atoms with Gasteiger partial charge in [-0.25, -0.2) is 4.98 Å². The van der Waals surface area contributed by atoms with Crippen molar-refractivity contribution >= 4 is 51.4 Å². The number of carbonyl (C=O) groups is 1. The predicted molar refractivity (Wildman–Crippen MR) is 115 cm³/mol. The van der Waals surface area contributed by atoms with E-state index in [0.717, 1.165) is 56.1 Å². The first-order chi connectivity index (χ1) is 14.8. The van der Waals surface area contributed by atoms with E-state index in [-0.39, 0.29) is 27.8 Å². The van der Waals surface area contributed by atoms with E-state index in [2.05, 4.69) is 15.2 Å². The lowest BCUT2D eigenvalue weighted by Crippen LogP contribution is -2.45. The van der Waals surface area contributed by atoms with Gasteiger partial charge in [-0.2, -0.15) is 13.2 Å². The molecular weight excluding hydrogens is 471 g/mol. The van der Waals surface area contributed by atoms with Crippen LogP contribution in [-0.2, 0) is 11.0 Å². The molecule has 0 aromatic carbocycles. The third-order valence-corrected chi connectivity index (χ3v) is 7.28. The van der Waals surface area contributed by atoms with Gasteiger partial charge in [0.2, 0.25) is 5.91 Å². The fourth-order valence-electron chi connectivity index (χ4n) is 3.68. The fraction of sp³-hybridized carbons (Fsp3) is 0.474. The normalized spacial score (nSPS) is 16.5. The molecule has 0 N–H and O–H groups in total. The van der Waals surface area contributed by atoms with Crippen molar-refractivity contribution in [3.63, 3.8) is 0 Å². The van der Waals surface area contributed by atoms with E-state index in [0.29, 0.717) is 5.13 Å². The minimum absolute atomic E-state index is 0.0665. The molecule has 1 atom stereocenters. The zero-order valence-corrected chi connectivity index (χ0v) is 18.9. The molecular formula is C19H19ClF3N5OS2. The highest BCUT2D eigenvalue weighted by atomic mass is 35.5. The summed E-state index contributed by atoms with van der Waals surface area (Å²) in [6.45, 7) is 1.72. The molecule has 3 heterocycles. The van der Waals surface area contributed by atoms with Crippen LogP contribution in [0.15, 0.2) is 29.0 Å². The highest BCUT2D eigenvalue weighted by Crippen LogP contribution is 2.35. The summed E-state index contributed by atoms with van der Waals surface area (Å²) in [5, 5.41) is 9.75. The van der Waals surface area contributed by atoms with Gasteiger partial charge >= 0.3 is 6.18 Å². The van der Waals surface area contributed by atoms with Gasteiger partial charge < -0.3 is 0 Å². The minimum Gasteiger partial charge on any atom is -0.284 e. The van der Waals surface area contributed by atoms with Crippen molar-refractivity contribution in [2.45, 2.75) is 61.7 Å². The molecule has 1 aliphatic carbocycles. The molecule has 1 aliphatic rings. The van der Waals surface area contributed by atoms with E-state index in [4.69, 9.17) is 11.6 Å². The second-order valence-corrected chi connectivity index (χ2v) is 9.91. The fourth-order valence-corrected chi connectivity index (χ4v) is 5.51. The Kier molecular flexibility index (Phi) is 6.45. The van der Waals surface area contributed by atoms with Gasteiger partial charge in [0.1, 0.15) is 0 Å². The van der Waals surface area contributed by atoms with Crippen LogP contribution in [0.1, 0.15) is 44.6 Å². The van der Waals surface area contributed by atoms with E-state index in [1.807, 2.05) is 5.38 Å². The number of anilines is 1. The third kappa shape index (κ3) is 4.68. The Hall–Kier alpha value is -1.85. The number of hydrogen-bond donors (Lipinski definition) is 0. The maximum Gasteiger partial charge on any atom is 0.417 e. The highest BCUT2D eigenvalue weighted by molar-refractivity contribution is 8.00. The summed E-state index contributed by atoms with van der Waals surface area (Å²) in [7, 11) is 0. The molecule has 0 aliphatic heterocycles. The predicted octanol–water partition coefficient (Wildman–Crippen LogP) is 5.70. The summed E-state index contributed by atoms with van der Waals surface area (Å²) in [5.41, 5.74) is -0.793. The molecule has 12 heteroatoms. The summed E-state index contributed by atoms with van der Waals surface area (Å²) in [6.07, 6.45) is 3.06. The van der Waals surface area contributed by atoms with Gasteiger partial charge in [0.05, 0.1) is 15.8 Å². The Morgan fingerprint density at radius 1 is 1.32 bits per heavy atom. The number of alkyl halides is 3. The first-order valence-corrected chi connectivity index (χ1v) is 11.9. The monoisotopic (exact) mass is 489 g/mol. The molecule has 1 amide bonds. The number of fused-ring (bicyclic) bond motifs is 1. The van der Waals surface area contributed by atoms with Crippen LogP contribution in [0, 0.1) is 0 Å². The number of pyridine rings is 1. The SMILES string of the molecule is CC(Sc1nnc2c(Cl)cc(C(F)(F)F)cn12)C(=O)N(c1nccs1)C1CCCCC1. The van der Waals surface area contributed by atoms with Crippen molar-refractivity contribution in [3.8, 4) is 0 Å². The molecule has 0 radical (unpaired) electrons. The first-order valence-electron chi connectivity index (χ1n) is 9.76. The van der Waals surface area contributed by atoms with Gasteiger partial charge in [0.25, 0.3) is 0 Å². The van der Waals surface area contributed by atoms with Crippen LogP contribution >= 0.6 is 34.7 Å². The minimum atomic E-state index is -4.56. The number of carbonyl (C=O) groups excluding carboxylic acids is 1. The summed E-state index contributed by atoms with van der Waals surface area (Å²) >= 11 is 8.44. The second-order valence-electron chi connectivity index (χ2n) is 7.33. The first kappa shape index (κ1) is 22.3. The number of thioether (sulfide) groups is 1. The molecule has 1 fully saturated rings. The van der Waals surface area contributed by atoms with E-state index < -0.39 is 17.0 Å². The van der Waals surface area contributed by atoms with Gasteiger partial charge in [-0.3, -0.25) is 14.1 Å². The summed E-state index contributed by atoms with van der Waals surface area (Å²) in [6, 6.07) is 0.888. The maximum absolute atomic E-state index is 13.4. The van der Waals surface area contributed by atoms with Crippen LogP contribution in [0.3, 0.4) is 0 Å². The summed E-state index contributed by atoms with van der Waals surface area (Å²) in [5.74, 6) is -0.151. The largest absolute Gasteiger partial charge is 0.417 e. The van der Waals surface area contributed by atoms with Crippen LogP contribution in [0.25, 0.3) is 5.65 Å². The average Bonchev–Trinajstić information content (AvgIpc) is 3.39. The van der Waals surface area contributed by atoms with E-state index >= 15 is 0 Å². The van der Waals surface area contributed by atoms with Gasteiger partial charge in [0.15, 0.2) is 15.9 Å². The smallest absolute Gasteiger partial charge is 0.284 e. The molecule has 1 unspecified atom stereocenters. The van der Waals surface area contributed by atoms with Gasteiger partial charge in [0, 0.05) is 23.8 Å². The highest BCUT2D eigenvalue weighted by Gasteiger charge is 2.34. The van der Waals surface area contributed by atoms with E-state index in [9.17, 15) is 18.0 Å². The van der Waals surface area contributed by atoms with Crippen LogP contribution in [0.4, 0.5) is 18.3 Å². The molecule has 166 valence electrons. The Labute approximate surface area is 189 Å². The lowest BCUT2D eigenvalue weighted by molar-refractivity contribution is -0.137. The summed E-state index contributed by atoms with van der Waals surface area (Å²) < 4.78 is 40.8. The number of nitrogens with zero attached hydrogens (tertiary/aromatic N) is 5. The Morgan fingerprint density at radius 2 is 2.06 bits per heavy atom. The van der Waals surface area contributed by atoms with Crippen molar-refractivity contribution in [1.82, 2.24) is 19.6 Å². The number of rotatable bonds is 5.